The molecule has 27 heavy (non-hydrogen) atoms. The summed E-state index contributed by atoms with van der Waals surface area (Å²) >= 11 is 1.27. The van der Waals surface area contributed by atoms with Gasteiger partial charge in [0.05, 0.1) is 18.3 Å². The number of ether oxygens (including phenoxy) is 1. The molecule has 1 amide bonds. The first-order valence-electron chi connectivity index (χ1n) is 8.56. The monoisotopic (exact) mass is 387 g/mol. The van der Waals surface area contributed by atoms with Crippen molar-refractivity contribution in [2.24, 2.45) is 5.92 Å². The molecule has 3 rings (SSSR count). The number of carbonyl (C=O) groups is 1. The number of anilines is 1. The Morgan fingerprint density at radius 3 is 2.63 bits per heavy atom. The van der Waals surface area contributed by atoms with Crippen molar-refractivity contribution in [1.29, 1.82) is 0 Å². The van der Waals surface area contributed by atoms with Gasteiger partial charge < -0.3 is 10.1 Å². The van der Waals surface area contributed by atoms with Crippen LogP contribution in [0.15, 0.2) is 45.3 Å². The number of hydrogen-bond donors (Lipinski definition) is 1. The summed E-state index contributed by atoms with van der Waals surface area (Å²) in [6.45, 7) is 3.98. The minimum Gasteiger partial charge on any atom is -0.495 e. The lowest BCUT2D eigenvalue weighted by Crippen LogP contribution is -2.42. The second-order valence-electron chi connectivity index (χ2n) is 6.56. The van der Waals surface area contributed by atoms with Crippen molar-refractivity contribution in [3.05, 3.63) is 56.5 Å². The predicted molar refractivity (Wildman–Crippen MR) is 107 cm³/mol. The van der Waals surface area contributed by atoms with Gasteiger partial charge in [-0.2, -0.15) is 0 Å². The first-order chi connectivity index (χ1) is 12.9. The molecule has 2 heterocycles. The van der Waals surface area contributed by atoms with Gasteiger partial charge in [-0.25, -0.2) is 4.79 Å². The Balaban J connectivity index is 1.99. The molecule has 0 radical (unpaired) electrons. The SMILES string of the molecule is COc1ccccc1NC(=O)Cn1c(=O)n(CC(C)C)c(=O)c2sccc21. The quantitative estimate of drug-likeness (QED) is 0.705. The third-order valence-electron chi connectivity index (χ3n) is 4.07. The molecule has 0 atom stereocenters. The summed E-state index contributed by atoms with van der Waals surface area (Å²) in [5.74, 6) is 0.288. The Bertz CT molecular complexity index is 1090. The third kappa shape index (κ3) is 3.80. The molecule has 0 bridgehead atoms. The van der Waals surface area contributed by atoms with E-state index < -0.39 is 5.69 Å². The number of nitrogens with one attached hydrogen (secondary N) is 1. The lowest BCUT2D eigenvalue weighted by Gasteiger charge is -2.14. The van der Waals surface area contributed by atoms with Crippen molar-refractivity contribution in [1.82, 2.24) is 9.13 Å². The van der Waals surface area contributed by atoms with Gasteiger partial charge in [0.15, 0.2) is 0 Å². The molecule has 8 heteroatoms. The van der Waals surface area contributed by atoms with Crippen LogP contribution in [0.4, 0.5) is 5.69 Å². The van der Waals surface area contributed by atoms with E-state index in [-0.39, 0.29) is 23.9 Å². The standard InChI is InChI=1S/C19H21N3O4S/c1-12(2)10-22-18(24)17-14(8-9-27-17)21(19(22)25)11-16(23)20-13-6-4-5-7-15(13)26-3/h4-9,12H,10-11H2,1-3H3,(H,20,23). The highest BCUT2D eigenvalue weighted by Gasteiger charge is 2.17. The number of nitrogens with zero attached hydrogens (tertiary/aromatic N) is 2. The summed E-state index contributed by atoms with van der Waals surface area (Å²) in [5, 5.41) is 4.51. The van der Waals surface area contributed by atoms with Crippen molar-refractivity contribution >= 4 is 33.1 Å². The van der Waals surface area contributed by atoms with Gasteiger partial charge >= 0.3 is 5.69 Å². The highest BCUT2D eigenvalue weighted by molar-refractivity contribution is 7.17. The van der Waals surface area contributed by atoms with E-state index in [0.717, 1.165) is 0 Å². The number of amides is 1. The molecule has 0 saturated heterocycles. The van der Waals surface area contributed by atoms with E-state index in [4.69, 9.17) is 4.74 Å². The molecule has 2 aromatic heterocycles. The van der Waals surface area contributed by atoms with E-state index in [0.29, 0.717) is 28.2 Å². The zero-order valence-corrected chi connectivity index (χ0v) is 16.2. The fourth-order valence-corrected chi connectivity index (χ4v) is 3.74. The number of carbonyl (C=O) groups excluding carboxylic acids is 1. The average Bonchev–Trinajstić information content (AvgIpc) is 3.12. The molecule has 0 aliphatic heterocycles. The Morgan fingerprint density at radius 1 is 1.19 bits per heavy atom. The molecule has 3 aromatic rings. The number of benzene rings is 1. The lowest BCUT2D eigenvalue weighted by molar-refractivity contribution is -0.116. The first kappa shape index (κ1) is 18.9. The number of thiophene rings is 1. The Kier molecular flexibility index (Phi) is 5.46. The lowest BCUT2D eigenvalue weighted by atomic mass is 10.2. The largest absolute Gasteiger partial charge is 0.495 e. The highest BCUT2D eigenvalue weighted by Crippen LogP contribution is 2.23. The van der Waals surface area contributed by atoms with Gasteiger partial charge in [0.1, 0.15) is 17.0 Å². The van der Waals surface area contributed by atoms with Gasteiger partial charge in [-0.05, 0) is 29.5 Å². The smallest absolute Gasteiger partial charge is 0.332 e. The molecular weight excluding hydrogens is 366 g/mol. The summed E-state index contributed by atoms with van der Waals surface area (Å²) in [6, 6.07) is 8.74. The van der Waals surface area contributed by atoms with E-state index in [1.165, 1.54) is 27.6 Å². The first-order valence-corrected chi connectivity index (χ1v) is 9.44. The van der Waals surface area contributed by atoms with Crippen LogP contribution in [-0.2, 0) is 17.9 Å². The summed E-state index contributed by atoms with van der Waals surface area (Å²) in [5.41, 5.74) is 0.218. The van der Waals surface area contributed by atoms with E-state index in [9.17, 15) is 14.4 Å². The van der Waals surface area contributed by atoms with Crippen LogP contribution < -0.4 is 21.3 Å². The molecule has 142 valence electrons. The number of aromatic nitrogens is 2. The molecule has 7 nitrogen and oxygen atoms in total. The van der Waals surface area contributed by atoms with Crippen LogP contribution in [-0.4, -0.2) is 22.2 Å². The number of para-hydroxylation sites is 2. The van der Waals surface area contributed by atoms with E-state index in [2.05, 4.69) is 5.32 Å². The number of rotatable bonds is 6. The molecule has 0 saturated carbocycles. The van der Waals surface area contributed by atoms with Gasteiger partial charge in [-0.1, -0.05) is 26.0 Å². The Labute approximate surface area is 159 Å². The Morgan fingerprint density at radius 2 is 1.93 bits per heavy atom. The molecule has 0 aliphatic carbocycles. The van der Waals surface area contributed by atoms with Crippen LogP contribution in [0, 0.1) is 5.92 Å². The molecule has 1 aromatic carbocycles. The maximum Gasteiger partial charge on any atom is 0.332 e. The molecular formula is C19H21N3O4S. The van der Waals surface area contributed by atoms with Crippen LogP contribution in [0.3, 0.4) is 0 Å². The average molecular weight is 387 g/mol. The summed E-state index contributed by atoms with van der Waals surface area (Å²) < 4.78 is 8.26. The van der Waals surface area contributed by atoms with Gasteiger partial charge in [0.25, 0.3) is 5.56 Å². The van der Waals surface area contributed by atoms with Crippen molar-refractivity contribution in [2.75, 3.05) is 12.4 Å². The summed E-state index contributed by atoms with van der Waals surface area (Å²) in [6.07, 6.45) is 0. The van der Waals surface area contributed by atoms with Crippen molar-refractivity contribution < 1.29 is 9.53 Å². The normalized spacial score (nSPS) is 11.1. The minimum absolute atomic E-state index is 0.128. The molecule has 0 unspecified atom stereocenters. The van der Waals surface area contributed by atoms with Crippen molar-refractivity contribution in [3.63, 3.8) is 0 Å². The van der Waals surface area contributed by atoms with Gasteiger partial charge in [-0.15, -0.1) is 11.3 Å². The van der Waals surface area contributed by atoms with Crippen LogP contribution in [0.2, 0.25) is 0 Å². The maximum absolute atomic E-state index is 12.9. The van der Waals surface area contributed by atoms with Gasteiger partial charge in [-0.3, -0.25) is 18.7 Å². The molecule has 0 fully saturated rings. The van der Waals surface area contributed by atoms with Crippen LogP contribution in [0.1, 0.15) is 13.8 Å². The predicted octanol–water partition coefficient (Wildman–Crippen LogP) is 2.53. The fourth-order valence-electron chi connectivity index (χ4n) is 2.89. The van der Waals surface area contributed by atoms with Crippen LogP contribution in [0.25, 0.3) is 10.2 Å². The molecule has 1 N–H and O–H groups in total. The highest BCUT2D eigenvalue weighted by atomic mass is 32.1. The fraction of sp³-hybridized carbons (Fsp3) is 0.316. The Hall–Kier alpha value is -2.87. The number of fused-ring (bicyclic) bond motifs is 1. The van der Waals surface area contributed by atoms with E-state index >= 15 is 0 Å². The number of methoxy groups -OCH3 is 1. The second kappa shape index (κ2) is 7.79. The maximum atomic E-state index is 12.9. The summed E-state index contributed by atoms with van der Waals surface area (Å²) in [7, 11) is 1.52. The van der Waals surface area contributed by atoms with Crippen molar-refractivity contribution in [2.45, 2.75) is 26.9 Å². The molecule has 0 spiro atoms. The topological polar surface area (TPSA) is 82.3 Å². The summed E-state index contributed by atoms with van der Waals surface area (Å²) in [4.78, 5) is 38.1. The second-order valence-corrected chi connectivity index (χ2v) is 7.48. The zero-order valence-electron chi connectivity index (χ0n) is 15.4. The van der Waals surface area contributed by atoms with Gasteiger partial charge in [0, 0.05) is 6.54 Å². The van der Waals surface area contributed by atoms with E-state index in [1.807, 2.05) is 13.8 Å². The van der Waals surface area contributed by atoms with Crippen molar-refractivity contribution in [3.8, 4) is 5.75 Å². The van der Waals surface area contributed by atoms with E-state index in [1.54, 1.807) is 35.7 Å². The van der Waals surface area contributed by atoms with Gasteiger partial charge in [0.2, 0.25) is 5.91 Å². The van der Waals surface area contributed by atoms with Crippen LogP contribution >= 0.6 is 11.3 Å². The third-order valence-corrected chi connectivity index (χ3v) is 4.96. The zero-order chi connectivity index (χ0) is 19.6. The molecule has 0 aliphatic rings. The number of hydrogen-bond acceptors (Lipinski definition) is 5. The van der Waals surface area contributed by atoms with Crippen LogP contribution in [0.5, 0.6) is 5.75 Å². The minimum atomic E-state index is -0.477.